The molecule has 0 saturated heterocycles. The van der Waals surface area contributed by atoms with Gasteiger partial charge in [-0.2, -0.15) is 0 Å². The quantitative estimate of drug-likeness (QED) is 0.887. The van der Waals surface area contributed by atoms with Crippen LogP contribution in [-0.2, 0) is 9.59 Å². The van der Waals surface area contributed by atoms with Gasteiger partial charge in [0.1, 0.15) is 0 Å². The van der Waals surface area contributed by atoms with E-state index < -0.39 is 23.2 Å². The molecule has 1 aromatic rings. The van der Waals surface area contributed by atoms with Gasteiger partial charge in [0.2, 0.25) is 5.91 Å². The van der Waals surface area contributed by atoms with Crippen molar-refractivity contribution in [2.75, 3.05) is 0 Å². The average molecular weight is 330 g/mol. The first kappa shape index (κ1) is 16.1. The van der Waals surface area contributed by atoms with E-state index in [1.165, 1.54) is 0 Å². The fourth-order valence-electron chi connectivity index (χ4n) is 2.82. The van der Waals surface area contributed by atoms with E-state index in [0.717, 1.165) is 5.56 Å². The number of hydrogen-bond donors (Lipinski definition) is 2. The van der Waals surface area contributed by atoms with E-state index in [-0.39, 0.29) is 11.9 Å². The lowest BCUT2D eigenvalue weighted by Gasteiger charge is -2.16. The van der Waals surface area contributed by atoms with Gasteiger partial charge in [0.05, 0.1) is 17.9 Å². The number of carboxylic acids is 1. The zero-order valence-electron chi connectivity index (χ0n) is 12.0. The number of carbonyl (C=O) groups excluding carboxylic acids is 1. The van der Waals surface area contributed by atoms with E-state index in [1.807, 2.05) is 0 Å². The molecule has 2 rings (SSSR count). The molecule has 4 nitrogen and oxygen atoms in total. The maximum Gasteiger partial charge on any atom is 0.307 e. The normalized spacial score (nSPS) is 24.2. The summed E-state index contributed by atoms with van der Waals surface area (Å²) in [7, 11) is 0. The minimum Gasteiger partial charge on any atom is -0.481 e. The van der Waals surface area contributed by atoms with Crippen LogP contribution in [0.2, 0.25) is 10.0 Å². The molecule has 1 aromatic carbocycles. The molecule has 0 spiro atoms. The number of aliphatic carboxylic acids is 1. The predicted octanol–water partition coefficient (Wildman–Crippen LogP) is 3.53. The Labute approximate surface area is 133 Å². The van der Waals surface area contributed by atoms with Gasteiger partial charge in [-0.1, -0.05) is 43.1 Å². The number of halogens is 2. The molecular weight excluding hydrogens is 313 g/mol. The Morgan fingerprint density at radius 1 is 1.29 bits per heavy atom. The van der Waals surface area contributed by atoms with Crippen molar-refractivity contribution in [1.29, 1.82) is 0 Å². The van der Waals surface area contributed by atoms with Crippen LogP contribution in [0.25, 0.3) is 0 Å². The van der Waals surface area contributed by atoms with Crippen LogP contribution in [0.4, 0.5) is 0 Å². The highest BCUT2D eigenvalue weighted by Crippen LogP contribution is 2.58. The van der Waals surface area contributed by atoms with Crippen LogP contribution < -0.4 is 5.32 Å². The van der Waals surface area contributed by atoms with E-state index in [4.69, 9.17) is 28.3 Å². The van der Waals surface area contributed by atoms with Crippen LogP contribution in [0.1, 0.15) is 32.4 Å². The van der Waals surface area contributed by atoms with E-state index in [0.29, 0.717) is 10.0 Å². The molecule has 0 bridgehead atoms. The monoisotopic (exact) mass is 329 g/mol. The molecule has 2 N–H and O–H groups in total. The van der Waals surface area contributed by atoms with Gasteiger partial charge in [-0.3, -0.25) is 9.59 Å². The zero-order chi connectivity index (χ0) is 15.9. The minimum atomic E-state index is -0.933. The van der Waals surface area contributed by atoms with Crippen LogP contribution >= 0.6 is 23.2 Å². The van der Waals surface area contributed by atoms with Crippen molar-refractivity contribution in [3.05, 3.63) is 33.8 Å². The molecule has 1 unspecified atom stereocenters. The van der Waals surface area contributed by atoms with Gasteiger partial charge in [0, 0.05) is 10.0 Å². The van der Waals surface area contributed by atoms with E-state index in [1.54, 1.807) is 39.0 Å². The molecule has 3 atom stereocenters. The highest BCUT2D eigenvalue weighted by molar-refractivity contribution is 6.35. The van der Waals surface area contributed by atoms with Gasteiger partial charge in [0.15, 0.2) is 0 Å². The molecule has 6 heteroatoms. The molecule has 0 heterocycles. The number of amides is 1. The van der Waals surface area contributed by atoms with Crippen molar-refractivity contribution < 1.29 is 14.7 Å². The summed E-state index contributed by atoms with van der Waals surface area (Å²) in [6, 6.07) is 4.75. The lowest BCUT2D eigenvalue weighted by Crippen LogP contribution is -2.30. The number of carbonyl (C=O) groups is 2. The fourth-order valence-corrected chi connectivity index (χ4v) is 3.39. The Kier molecular flexibility index (Phi) is 4.22. The van der Waals surface area contributed by atoms with Gasteiger partial charge in [0.25, 0.3) is 0 Å². The topological polar surface area (TPSA) is 66.4 Å². The molecule has 0 radical (unpaired) electrons. The Hall–Kier alpha value is -1.26. The summed E-state index contributed by atoms with van der Waals surface area (Å²) >= 11 is 12.0. The van der Waals surface area contributed by atoms with Gasteiger partial charge in [-0.25, -0.2) is 0 Å². The first-order valence-electron chi connectivity index (χ1n) is 6.64. The second-order valence-corrected chi connectivity index (χ2v) is 6.85. The maximum absolute atomic E-state index is 12.3. The molecule has 21 heavy (non-hydrogen) atoms. The molecular formula is C15H17Cl2NO3. The Morgan fingerprint density at radius 3 is 2.38 bits per heavy atom. The predicted molar refractivity (Wildman–Crippen MR) is 81.4 cm³/mol. The van der Waals surface area contributed by atoms with Crippen LogP contribution in [0.15, 0.2) is 18.2 Å². The smallest absolute Gasteiger partial charge is 0.307 e. The number of carboxylic acid groups (broad SMARTS) is 1. The van der Waals surface area contributed by atoms with Crippen molar-refractivity contribution in [1.82, 2.24) is 5.32 Å². The highest BCUT2D eigenvalue weighted by atomic mass is 35.5. The lowest BCUT2D eigenvalue weighted by molar-refractivity contribution is -0.140. The lowest BCUT2D eigenvalue weighted by atomic mass is 10.1. The van der Waals surface area contributed by atoms with Gasteiger partial charge < -0.3 is 10.4 Å². The van der Waals surface area contributed by atoms with Crippen molar-refractivity contribution in [3.63, 3.8) is 0 Å². The van der Waals surface area contributed by atoms with E-state index >= 15 is 0 Å². The van der Waals surface area contributed by atoms with Gasteiger partial charge >= 0.3 is 5.97 Å². The third-order valence-corrected chi connectivity index (χ3v) is 4.73. The summed E-state index contributed by atoms with van der Waals surface area (Å²) in [4.78, 5) is 23.4. The van der Waals surface area contributed by atoms with Gasteiger partial charge in [-0.15, -0.1) is 0 Å². The van der Waals surface area contributed by atoms with E-state index in [2.05, 4.69) is 5.32 Å². The highest BCUT2D eigenvalue weighted by Gasteiger charge is 2.65. The number of nitrogens with one attached hydrogen (secondary N) is 1. The zero-order valence-corrected chi connectivity index (χ0v) is 13.5. The Morgan fingerprint density at radius 2 is 1.90 bits per heavy atom. The van der Waals surface area contributed by atoms with Crippen LogP contribution in [0, 0.1) is 17.3 Å². The molecule has 1 aliphatic rings. The van der Waals surface area contributed by atoms with Crippen molar-refractivity contribution in [2.24, 2.45) is 17.3 Å². The maximum atomic E-state index is 12.3. The third-order valence-electron chi connectivity index (χ3n) is 4.16. The molecule has 1 amide bonds. The fraction of sp³-hybridized carbons (Fsp3) is 0.467. The summed E-state index contributed by atoms with van der Waals surface area (Å²) in [6.45, 7) is 5.38. The van der Waals surface area contributed by atoms with Crippen molar-refractivity contribution in [3.8, 4) is 0 Å². The van der Waals surface area contributed by atoms with E-state index in [9.17, 15) is 9.59 Å². The van der Waals surface area contributed by atoms with Crippen LogP contribution in [0.5, 0.6) is 0 Å². The molecule has 1 fully saturated rings. The van der Waals surface area contributed by atoms with Crippen LogP contribution in [0.3, 0.4) is 0 Å². The Balaban J connectivity index is 2.08. The SMILES string of the molecule is CC(NC(=O)[C@H]1[C@@H](C(=O)O)C1(C)C)c1ccc(Cl)cc1Cl. The second kappa shape index (κ2) is 5.50. The third kappa shape index (κ3) is 3.01. The second-order valence-electron chi connectivity index (χ2n) is 6.01. The molecule has 114 valence electrons. The first-order valence-corrected chi connectivity index (χ1v) is 7.40. The molecule has 0 aromatic heterocycles. The number of hydrogen-bond acceptors (Lipinski definition) is 2. The van der Waals surface area contributed by atoms with Gasteiger partial charge in [-0.05, 0) is 30.0 Å². The standard InChI is InChI=1S/C15H17Cl2NO3/c1-7(9-5-4-8(16)6-10(9)17)18-13(19)11-12(14(20)21)15(11,2)3/h4-7,11-12H,1-3H3,(H,18,19)(H,20,21)/t7?,11-,12+/m1/s1. The summed E-state index contributed by atoms with van der Waals surface area (Å²) in [5.41, 5.74) is 0.235. The number of rotatable bonds is 4. The largest absolute Gasteiger partial charge is 0.481 e. The summed E-state index contributed by atoms with van der Waals surface area (Å²) in [5, 5.41) is 12.9. The van der Waals surface area contributed by atoms with Crippen molar-refractivity contribution in [2.45, 2.75) is 26.8 Å². The summed E-state index contributed by atoms with van der Waals surface area (Å²) < 4.78 is 0. The van der Waals surface area contributed by atoms with Crippen LogP contribution in [-0.4, -0.2) is 17.0 Å². The summed E-state index contributed by atoms with van der Waals surface area (Å²) in [6.07, 6.45) is 0. The Bertz CT molecular complexity index is 601. The molecule has 1 aliphatic carbocycles. The summed E-state index contributed by atoms with van der Waals surface area (Å²) in [5.74, 6) is -2.34. The average Bonchev–Trinajstić information content (AvgIpc) is 2.92. The molecule has 0 aliphatic heterocycles. The molecule has 1 saturated carbocycles. The first-order chi connectivity index (χ1) is 9.66. The minimum absolute atomic E-state index is 0.258. The number of benzene rings is 1. The van der Waals surface area contributed by atoms with Crippen molar-refractivity contribution >= 4 is 35.1 Å².